The summed E-state index contributed by atoms with van der Waals surface area (Å²) in [5, 5.41) is 0. The SMILES string of the molecule is COc1cc(/C=C2/C(=O)N(C)c3ccccc32)c(OC)cc1C. The smallest absolute Gasteiger partial charge is 0.258 e. The second-order valence-electron chi connectivity index (χ2n) is 5.50. The molecule has 1 heterocycles. The van der Waals surface area contributed by atoms with Crippen LogP contribution >= 0.6 is 0 Å². The van der Waals surface area contributed by atoms with E-state index < -0.39 is 0 Å². The van der Waals surface area contributed by atoms with Gasteiger partial charge in [-0.2, -0.15) is 0 Å². The summed E-state index contributed by atoms with van der Waals surface area (Å²) in [6.45, 7) is 1.96. The van der Waals surface area contributed by atoms with Gasteiger partial charge in [-0.05, 0) is 36.8 Å². The van der Waals surface area contributed by atoms with Crippen molar-refractivity contribution in [3.05, 3.63) is 53.1 Å². The number of methoxy groups -OCH3 is 2. The molecule has 0 unspecified atom stereocenters. The van der Waals surface area contributed by atoms with Crippen molar-refractivity contribution < 1.29 is 14.3 Å². The molecule has 0 bridgehead atoms. The Labute approximate surface area is 135 Å². The highest BCUT2D eigenvalue weighted by atomic mass is 16.5. The molecule has 0 saturated carbocycles. The Bertz CT molecular complexity index is 808. The van der Waals surface area contributed by atoms with E-state index in [9.17, 15) is 4.79 Å². The first-order valence-corrected chi connectivity index (χ1v) is 7.38. The van der Waals surface area contributed by atoms with Crippen LogP contribution in [0.3, 0.4) is 0 Å². The standard InChI is InChI=1S/C19H19NO3/c1-12-9-18(23-4)13(11-17(12)22-3)10-15-14-7-5-6-8-16(14)20(2)19(15)21/h5-11H,1-4H3/b15-10+. The lowest BCUT2D eigenvalue weighted by molar-refractivity contribution is -0.112. The van der Waals surface area contributed by atoms with E-state index in [0.29, 0.717) is 5.57 Å². The number of hydrogen-bond acceptors (Lipinski definition) is 3. The minimum atomic E-state index is -0.0206. The molecular formula is C19H19NO3. The molecule has 0 aliphatic carbocycles. The van der Waals surface area contributed by atoms with Gasteiger partial charge in [-0.3, -0.25) is 4.79 Å². The molecule has 0 N–H and O–H groups in total. The molecule has 118 valence electrons. The average Bonchev–Trinajstić information content (AvgIpc) is 2.81. The fraction of sp³-hybridized carbons (Fsp3) is 0.211. The summed E-state index contributed by atoms with van der Waals surface area (Å²) in [7, 11) is 5.05. The highest BCUT2D eigenvalue weighted by Gasteiger charge is 2.29. The molecule has 4 heteroatoms. The number of likely N-dealkylation sites (N-methyl/N-ethyl adjacent to an activating group) is 1. The largest absolute Gasteiger partial charge is 0.496 e. The molecule has 0 saturated heterocycles. The molecule has 0 aromatic heterocycles. The van der Waals surface area contributed by atoms with E-state index in [1.807, 2.05) is 49.4 Å². The van der Waals surface area contributed by atoms with Crippen molar-refractivity contribution >= 4 is 23.2 Å². The molecule has 3 rings (SSSR count). The number of carbonyl (C=O) groups excluding carboxylic acids is 1. The monoisotopic (exact) mass is 309 g/mol. The maximum Gasteiger partial charge on any atom is 0.258 e. The van der Waals surface area contributed by atoms with Crippen molar-refractivity contribution in [3.8, 4) is 11.5 Å². The predicted molar refractivity (Wildman–Crippen MR) is 92.0 cm³/mol. The third kappa shape index (κ3) is 2.46. The zero-order valence-corrected chi connectivity index (χ0v) is 13.7. The van der Waals surface area contributed by atoms with E-state index >= 15 is 0 Å². The van der Waals surface area contributed by atoms with Crippen LogP contribution in [0.25, 0.3) is 11.6 Å². The highest BCUT2D eigenvalue weighted by Crippen LogP contribution is 2.38. The summed E-state index contributed by atoms with van der Waals surface area (Å²) >= 11 is 0. The molecular weight excluding hydrogens is 290 g/mol. The number of benzene rings is 2. The maximum atomic E-state index is 12.6. The fourth-order valence-corrected chi connectivity index (χ4v) is 2.88. The van der Waals surface area contributed by atoms with Gasteiger partial charge in [0.25, 0.3) is 5.91 Å². The van der Waals surface area contributed by atoms with Crippen molar-refractivity contribution in [1.82, 2.24) is 0 Å². The van der Waals surface area contributed by atoms with Crippen LogP contribution < -0.4 is 14.4 Å². The first kappa shape index (κ1) is 15.2. The Kier molecular flexibility index (Phi) is 3.82. The average molecular weight is 309 g/mol. The second-order valence-corrected chi connectivity index (χ2v) is 5.50. The van der Waals surface area contributed by atoms with Crippen molar-refractivity contribution in [2.45, 2.75) is 6.92 Å². The number of aryl methyl sites for hydroxylation is 1. The summed E-state index contributed by atoms with van der Waals surface area (Å²) in [5.41, 5.74) is 4.32. The van der Waals surface area contributed by atoms with Crippen molar-refractivity contribution in [3.63, 3.8) is 0 Å². The fourth-order valence-electron chi connectivity index (χ4n) is 2.88. The lowest BCUT2D eigenvalue weighted by Crippen LogP contribution is -2.20. The third-order valence-corrected chi connectivity index (χ3v) is 4.14. The zero-order chi connectivity index (χ0) is 16.6. The summed E-state index contributed by atoms with van der Waals surface area (Å²) in [5.74, 6) is 1.47. The molecule has 4 nitrogen and oxygen atoms in total. The molecule has 0 radical (unpaired) electrons. The Balaban J connectivity index is 2.17. The molecule has 1 aliphatic heterocycles. The maximum absolute atomic E-state index is 12.6. The zero-order valence-electron chi connectivity index (χ0n) is 13.7. The van der Waals surface area contributed by atoms with Gasteiger partial charge >= 0.3 is 0 Å². The number of rotatable bonds is 3. The van der Waals surface area contributed by atoms with Crippen LogP contribution in [0.2, 0.25) is 0 Å². The van der Waals surface area contributed by atoms with Crippen LogP contribution in [-0.2, 0) is 4.79 Å². The molecule has 2 aromatic carbocycles. The van der Waals surface area contributed by atoms with Crippen molar-refractivity contribution in [1.29, 1.82) is 0 Å². The Morgan fingerprint density at radius 1 is 1.04 bits per heavy atom. The molecule has 23 heavy (non-hydrogen) atoms. The molecule has 2 aromatic rings. The number of fused-ring (bicyclic) bond motifs is 1. The number of para-hydroxylation sites is 1. The van der Waals surface area contributed by atoms with Crippen LogP contribution in [-0.4, -0.2) is 27.2 Å². The number of ether oxygens (including phenoxy) is 2. The molecule has 1 amide bonds. The normalized spacial score (nSPS) is 15.0. The number of anilines is 1. The highest BCUT2D eigenvalue weighted by molar-refractivity contribution is 6.35. The second kappa shape index (κ2) is 5.80. The Morgan fingerprint density at radius 3 is 2.43 bits per heavy atom. The van der Waals surface area contributed by atoms with Crippen molar-refractivity contribution in [2.24, 2.45) is 0 Å². The van der Waals surface area contributed by atoms with E-state index in [-0.39, 0.29) is 5.91 Å². The van der Waals surface area contributed by atoms with E-state index in [1.54, 1.807) is 26.2 Å². The lowest BCUT2D eigenvalue weighted by atomic mass is 10.0. The van der Waals surface area contributed by atoms with Gasteiger partial charge in [-0.1, -0.05) is 18.2 Å². The summed E-state index contributed by atoms with van der Waals surface area (Å²) in [4.78, 5) is 14.2. The van der Waals surface area contributed by atoms with Gasteiger partial charge in [0.2, 0.25) is 0 Å². The first-order valence-electron chi connectivity index (χ1n) is 7.38. The quantitative estimate of drug-likeness (QED) is 0.814. The molecule has 0 spiro atoms. The van der Waals surface area contributed by atoms with Crippen molar-refractivity contribution in [2.75, 3.05) is 26.2 Å². The summed E-state index contributed by atoms with van der Waals surface area (Å²) in [6.07, 6.45) is 1.87. The van der Waals surface area contributed by atoms with E-state index in [4.69, 9.17) is 9.47 Å². The Morgan fingerprint density at radius 2 is 1.74 bits per heavy atom. The minimum Gasteiger partial charge on any atom is -0.496 e. The van der Waals surface area contributed by atoms with Crippen LogP contribution in [0, 0.1) is 6.92 Å². The van der Waals surface area contributed by atoms with E-state index in [2.05, 4.69) is 0 Å². The van der Waals surface area contributed by atoms with Crippen LogP contribution in [0.1, 0.15) is 16.7 Å². The predicted octanol–water partition coefficient (Wildman–Crippen LogP) is 3.53. The van der Waals surface area contributed by atoms with E-state index in [0.717, 1.165) is 33.9 Å². The van der Waals surface area contributed by atoms with Gasteiger partial charge < -0.3 is 14.4 Å². The number of hydrogen-bond donors (Lipinski definition) is 0. The third-order valence-electron chi connectivity index (χ3n) is 4.14. The Hall–Kier alpha value is -2.75. The molecule has 0 atom stereocenters. The topological polar surface area (TPSA) is 38.8 Å². The molecule has 1 aliphatic rings. The van der Waals surface area contributed by atoms with Gasteiger partial charge in [0.05, 0.1) is 19.9 Å². The van der Waals surface area contributed by atoms with Gasteiger partial charge in [0.1, 0.15) is 11.5 Å². The van der Waals surface area contributed by atoms with E-state index in [1.165, 1.54) is 0 Å². The van der Waals surface area contributed by atoms with Gasteiger partial charge in [-0.15, -0.1) is 0 Å². The van der Waals surface area contributed by atoms with Gasteiger partial charge in [-0.25, -0.2) is 0 Å². The first-order chi connectivity index (χ1) is 11.1. The van der Waals surface area contributed by atoms with Gasteiger partial charge in [0.15, 0.2) is 0 Å². The lowest BCUT2D eigenvalue weighted by Gasteiger charge is -2.11. The minimum absolute atomic E-state index is 0.0206. The van der Waals surface area contributed by atoms with Crippen LogP contribution in [0.4, 0.5) is 5.69 Å². The van der Waals surface area contributed by atoms with Gasteiger partial charge in [0, 0.05) is 23.7 Å². The number of amides is 1. The van der Waals surface area contributed by atoms with Crippen LogP contribution in [0.15, 0.2) is 36.4 Å². The molecule has 0 fully saturated rings. The summed E-state index contributed by atoms with van der Waals surface area (Å²) in [6, 6.07) is 11.6. The number of nitrogens with zero attached hydrogens (tertiary/aromatic N) is 1. The van der Waals surface area contributed by atoms with Crippen LogP contribution in [0.5, 0.6) is 11.5 Å². The summed E-state index contributed by atoms with van der Waals surface area (Å²) < 4.78 is 10.8. The number of carbonyl (C=O) groups is 1.